The molecule has 0 saturated heterocycles. The van der Waals surface area contributed by atoms with Crippen molar-refractivity contribution >= 4 is 35.2 Å². The molecule has 3 nitrogen and oxygen atoms in total. The van der Waals surface area contributed by atoms with E-state index in [1.54, 1.807) is 31.2 Å². The van der Waals surface area contributed by atoms with Gasteiger partial charge in [-0.05, 0) is 25.1 Å². The van der Waals surface area contributed by atoms with Crippen LogP contribution in [0.15, 0.2) is 23.8 Å². The van der Waals surface area contributed by atoms with E-state index < -0.39 is 5.97 Å². The highest BCUT2D eigenvalue weighted by atomic mass is 35.5. The molecule has 1 rings (SSSR count). The minimum Gasteiger partial charge on any atom is -0.462 e. The van der Waals surface area contributed by atoms with Crippen molar-refractivity contribution in [1.82, 2.24) is 0 Å². The summed E-state index contributed by atoms with van der Waals surface area (Å²) in [5.74, 6) is -0.689. The molecule has 1 aromatic carbocycles. The van der Waals surface area contributed by atoms with Gasteiger partial charge in [0.1, 0.15) is 11.6 Å². The van der Waals surface area contributed by atoms with Crippen LogP contribution in [0.4, 0.5) is 0 Å². The maximum Gasteiger partial charge on any atom is 0.348 e. The standard InChI is InChI=1S/C12H9Cl2NO2/c1-2-17-12(16)8(7-15)6-9-10(13)4-3-5-11(9)14/h3-6H,2H2,1H3/b8-6+. The summed E-state index contributed by atoms with van der Waals surface area (Å²) in [5.41, 5.74) is 0.294. The Labute approximate surface area is 109 Å². The first-order chi connectivity index (χ1) is 8.10. The van der Waals surface area contributed by atoms with E-state index in [1.165, 1.54) is 6.08 Å². The van der Waals surface area contributed by atoms with Crippen molar-refractivity contribution in [2.24, 2.45) is 0 Å². The Balaban J connectivity index is 3.16. The molecule has 17 heavy (non-hydrogen) atoms. The number of benzene rings is 1. The Kier molecular flexibility index (Phi) is 5.02. The quantitative estimate of drug-likeness (QED) is 0.480. The lowest BCUT2D eigenvalue weighted by atomic mass is 10.1. The third-order valence-corrected chi connectivity index (χ3v) is 2.56. The molecular weight excluding hydrogens is 261 g/mol. The predicted octanol–water partition coefficient (Wildman–Crippen LogP) is 3.46. The highest BCUT2D eigenvalue weighted by molar-refractivity contribution is 6.37. The summed E-state index contributed by atoms with van der Waals surface area (Å²) >= 11 is 11.8. The number of rotatable bonds is 3. The Morgan fingerprint density at radius 1 is 1.47 bits per heavy atom. The van der Waals surface area contributed by atoms with Crippen LogP contribution in [-0.4, -0.2) is 12.6 Å². The molecule has 5 heteroatoms. The number of halogens is 2. The van der Waals surface area contributed by atoms with Crippen LogP contribution in [0.5, 0.6) is 0 Å². The van der Waals surface area contributed by atoms with Gasteiger partial charge in [-0.3, -0.25) is 0 Å². The average molecular weight is 270 g/mol. The number of carbonyl (C=O) groups is 1. The van der Waals surface area contributed by atoms with Crippen molar-refractivity contribution in [2.75, 3.05) is 6.61 Å². The molecule has 0 saturated carbocycles. The SMILES string of the molecule is CCOC(=O)/C(C#N)=C/c1c(Cl)cccc1Cl. The number of esters is 1. The Morgan fingerprint density at radius 2 is 2.06 bits per heavy atom. The molecule has 0 aliphatic carbocycles. The molecule has 0 aliphatic heterocycles. The van der Waals surface area contributed by atoms with E-state index in [2.05, 4.69) is 0 Å². The van der Waals surface area contributed by atoms with Crippen molar-refractivity contribution in [3.05, 3.63) is 39.4 Å². The maximum absolute atomic E-state index is 11.4. The fraction of sp³-hybridized carbons (Fsp3) is 0.167. The van der Waals surface area contributed by atoms with E-state index in [-0.39, 0.29) is 12.2 Å². The fourth-order valence-corrected chi connectivity index (χ4v) is 1.65. The monoisotopic (exact) mass is 269 g/mol. The van der Waals surface area contributed by atoms with Crippen LogP contribution >= 0.6 is 23.2 Å². The average Bonchev–Trinajstić information content (AvgIpc) is 2.29. The van der Waals surface area contributed by atoms with Gasteiger partial charge in [-0.15, -0.1) is 0 Å². The largest absolute Gasteiger partial charge is 0.462 e. The summed E-state index contributed by atoms with van der Waals surface area (Å²) < 4.78 is 4.73. The first kappa shape index (κ1) is 13.6. The molecule has 0 radical (unpaired) electrons. The Hall–Kier alpha value is -1.50. The van der Waals surface area contributed by atoms with E-state index in [1.807, 2.05) is 0 Å². The normalized spacial score (nSPS) is 10.8. The van der Waals surface area contributed by atoms with Gasteiger partial charge < -0.3 is 4.74 Å². The van der Waals surface area contributed by atoms with Gasteiger partial charge in [0.15, 0.2) is 0 Å². The van der Waals surface area contributed by atoms with Crippen molar-refractivity contribution in [1.29, 1.82) is 5.26 Å². The van der Waals surface area contributed by atoms with Crippen molar-refractivity contribution in [3.63, 3.8) is 0 Å². The Bertz CT molecular complexity index is 483. The minimum atomic E-state index is -0.689. The highest BCUT2D eigenvalue weighted by Crippen LogP contribution is 2.26. The summed E-state index contributed by atoms with van der Waals surface area (Å²) in [6.07, 6.45) is 1.32. The summed E-state index contributed by atoms with van der Waals surface area (Å²) in [4.78, 5) is 11.4. The number of hydrogen-bond acceptors (Lipinski definition) is 3. The van der Waals surface area contributed by atoms with Gasteiger partial charge in [0.2, 0.25) is 0 Å². The molecule has 0 heterocycles. The minimum absolute atomic E-state index is 0.137. The molecule has 0 aliphatic rings. The molecule has 0 fully saturated rings. The molecular formula is C12H9Cl2NO2. The predicted molar refractivity (Wildman–Crippen MR) is 66.7 cm³/mol. The van der Waals surface area contributed by atoms with E-state index >= 15 is 0 Å². The third-order valence-electron chi connectivity index (χ3n) is 1.90. The first-order valence-corrected chi connectivity index (χ1v) is 5.58. The number of carbonyl (C=O) groups excluding carboxylic acids is 1. The van der Waals surface area contributed by atoms with Crippen LogP contribution < -0.4 is 0 Å². The first-order valence-electron chi connectivity index (χ1n) is 4.83. The van der Waals surface area contributed by atoms with E-state index in [9.17, 15) is 4.79 Å². The lowest BCUT2D eigenvalue weighted by Gasteiger charge is -2.03. The maximum atomic E-state index is 11.4. The second kappa shape index (κ2) is 6.29. The van der Waals surface area contributed by atoms with Crippen LogP contribution in [0.3, 0.4) is 0 Å². The molecule has 0 aromatic heterocycles. The van der Waals surface area contributed by atoms with Gasteiger partial charge in [-0.1, -0.05) is 29.3 Å². The van der Waals surface area contributed by atoms with E-state index in [4.69, 9.17) is 33.2 Å². The zero-order chi connectivity index (χ0) is 12.8. The van der Waals surface area contributed by atoms with Gasteiger partial charge in [0.05, 0.1) is 6.61 Å². The zero-order valence-corrected chi connectivity index (χ0v) is 10.5. The van der Waals surface area contributed by atoms with Crippen molar-refractivity contribution in [2.45, 2.75) is 6.92 Å². The lowest BCUT2D eigenvalue weighted by molar-refractivity contribution is -0.137. The fourth-order valence-electron chi connectivity index (χ4n) is 1.14. The third kappa shape index (κ3) is 3.48. The van der Waals surface area contributed by atoms with Crippen molar-refractivity contribution < 1.29 is 9.53 Å². The molecule has 0 bridgehead atoms. The lowest BCUT2D eigenvalue weighted by Crippen LogP contribution is -2.06. The van der Waals surface area contributed by atoms with Crippen LogP contribution in [0.1, 0.15) is 12.5 Å². The molecule has 0 atom stereocenters. The summed E-state index contributed by atoms with van der Waals surface area (Å²) in [6, 6.07) is 6.69. The van der Waals surface area contributed by atoms with Gasteiger partial charge in [0.25, 0.3) is 0 Å². The highest BCUT2D eigenvalue weighted by Gasteiger charge is 2.12. The molecule has 0 amide bonds. The second-order valence-corrected chi connectivity index (χ2v) is 3.84. The summed E-state index contributed by atoms with van der Waals surface area (Å²) in [7, 11) is 0. The van der Waals surface area contributed by atoms with Gasteiger partial charge in [-0.25, -0.2) is 4.79 Å². The number of nitrogens with zero attached hydrogens (tertiary/aromatic N) is 1. The smallest absolute Gasteiger partial charge is 0.348 e. The van der Waals surface area contributed by atoms with Gasteiger partial charge >= 0.3 is 5.97 Å². The van der Waals surface area contributed by atoms with E-state index in [0.717, 1.165) is 0 Å². The number of hydrogen-bond donors (Lipinski definition) is 0. The number of ether oxygens (including phenoxy) is 1. The van der Waals surface area contributed by atoms with Crippen molar-refractivity contribution in [3.8, 4) is 6.07 Å². The van der Waals surface area contributed by atoms with Crippen LogP contribution in [0.25, 0.3) is 6.08 Å². The molecule has 88 valence electrons. The second-order valence-electron chi connectivity index (χ2n) is 3.03. The van der Waals surface area contributed by atoms with E-state index in [0.29, 0.717) is 15.6 Å². The van der Waals surface area contributed by atoms with Crippen LogP contribution in [0.2, 0.25) is 10.0 Å². The molecule has 0 N–H and O–H groups in total. The van der Waals surface area contributed by atoms with Crippen LogP contribution in [-0.2, 0) is 9.53 Å². The van der Waals surface area contributed by atoms with Gasteiger partial charge in [-0.2, -0.15) is 5.26 Å². The molecule has 0 spiro atoms. The molecule has 1 aromatic rings. The Morgan fingerprint density at radius 3 is 2.53 bits per heavy atom. The van der Waals surface area contributed by atoms with Crippen LogP contribution in [0, 0.1) is 11.3 Å². The number of nitriles is 1. The zero-order valence-electron chi connectivity index (χ0n) is 9.04. The molecule has 0 unspecified atom stereocenters. The topological polar surface area (TPSA) is 50.1 Å². The summed E-state index contributed by atoms with van der Waals surface area (Å²) in [5, 5.41) is 9.60. The van der Waals surface area contributed by atoms with Gasteiger partial charge in [0, 0.05) is 15.6 Å². The summed E-state index contributed by atoms with van der Waals surface area (Å²) in [6.45, 7) is 1.86.